The van der Waals surface area contributed by atoms with E-state index in [1.165, 1.54) is 84.6 Å². The Hall–Kier alpha value is -2.60. The first kappa shape index (κ1) is 35.3. The maximum absolute atomic E-state index is 2.52. The van der Waals surface area contributed by atoms with Crippen LogP contribution in [0, 0.1) is 14.9 Å². The molecule has 0 aliphatic heterocycles. The SMILES string of the molecule is C[Si](C)(C)c1ccc(-c2cccc3[cH-]c(C4(c5cc6c(-c7ccc([Si](C)(C)C)cc7)cccc6[cH-]5)CCC4)cc23)cc1.[CH3-].[CH3-].[Hf+4]. The summed E-state index contributed by atoms with van der Waals surface area (Å²) in [6.07, 6.45) is 3.74. The summed E-state index contributed by atoms with van der Waals surface area (Å²) in [7, 11) is -2.63. The van der Waals surface area contributed by atoms with Gasteiger partial charge in [0.2, 0.25) is 0 Å². The fourth-order valence-corrected chi connectivity index (χ4v) is 9.43. The van der Waals surface area contributed by atoms with Crippen molar-refractivity contribution in [1.29, 1.82) is 0 Å². The summed E-state index contributed by atoms with van der Waals surface area (Å²) in [5.41, 5.74) is 8.45. The van der Waals surface area contributed by atoms with E-state index < -0.39 is 16.1 Å². The zero-order valence-electron chi connectivity index (χ0n) is 28.5. The first-order valence-corrected chi connectivity index (χ1v) is 22.6. The summed E-state index contributed by atoms with van der Waals surface area (Å²) < 4.78 is 0. The second-order valence-electron chi connectivity index (χ2n) is 14.7. The van der Waals surface area contributed by atoms with Gasteiger partial charge < -0.3 is 14.9 Å². The predicted molar refractivity (Wildman–Crippen MR) is 203 cm³/mol. The summed E-state index contributed by atoms with van der Waals surface area (Å²) in [6.45, 7) is 14.5. The molecule has 228 valence electrons. The average Bonchev–Trinajstić information content (AvgIpc) is 3.56. The Morgan fingerprint density at radius 1 is 0.533 bits per heavy atom. The molecule has 1 aliphatic rings. The van der Waals surface area contributed by atoms with Crippen LogP contribution in [0.4, 0.5) is 0 Å². The van der Waals surface area contributed by atoms with Crippen molar-refractivity contribution in [1.82, 2.24) is 0 Å². The van der Waals surface area contributed by atoms with Crippen LogP contribution in [-0.4, -0.2) is 16.1 Å². The molecule has 0 N–H and O–H groups in total. The van der Waals surface area contributed by atoms with Gasteiger partial charge in [0.15, 0.2) is 0 Å². The Morgan fingerprint density at radius 2 is 0.911 bits per heavy atom. The van der Waals surface area contributed by atoms with Crippen LogP contribution < -0.4 is 10.4 Å². The molecule has 0 aromatic heterocycles. The van der Waals surface area contributed by atoms with Gasteiger partial charge in [-0.2, -0.15) is 12.1 Å². The van der Waals surface area contributed by atoms with E-state index in [1.807, 2.05) is 0 Å². The monoisotopic (exact) mass is 788 g/mol. The molecular weight excluding hydrogens is 739 g/mol. The molecule has 6 aromatic rings. The van der Waals surface area contributed by atoms with E-state index >= 15 is 0 Å². The molecule has 45 heavy (non-hydrogen) atoms. The van der Waals surface area contributed by atoms with Crippen molar-refractivity contribution in [3.8, 4) is 22.3 Å². The van der Waals surface area contributed by atoms with E-state index in [0.29, 0.717) is 0 Å². The van der Waals surface area contributed by atoms with Gasteiger partial charge in [-0.15, -0.1) is 69.1 Å². The third-order valence-corrected chi connectivity index (χ3v) is 14.1. The molecule has 0 nitrogen and oxygen atoms in total. The summed E-state index contributed by atoms with van der Waals surface area (Å²) >= 11 is 0. The molecule has 7 rings (SSSR count). The Kier molecular flexibility index (Phi) is 10.1. The van der Waals surface area contributed by atoms with Gasteiger partial charge >= 0.3 is 25.8 Å². The first-order chi connectivity index (χ1) is 20.0. The second-order valence-corrected chi connectivity index (χ2v) is 24.9. The summed E-state index contributed by atoms with van der Waals surface area (Å²) in [5, 5.41) is 8.54. The predicted octanol–water partition coefficient (Wildman–Crippen LogP) is 11.2. The Balaban J connectivity index is 0.00000154. The van der Waals surface area contributed by atoms with Crippen LogP contribution >= 0.6 is 0 Å². The van der Waals surface area contributed by atoms with E-state index in [-0.39, 0.29) is 46.1 Å². The minimum absolute atomic E-state index is 0. The largest absolute Gasteiger partial charge is 4.00 e. The Morgan fingerprint density at radius 3 is 1.22 bits per heavy atom. The minimum atomic E-state index is -1.32. The number of benzene rings is 4. The summed E-state index contributed by atoms with van der Waals surface area (Å²) in [6, 6.07) is 42.5. The number of rotatable bonds is 6. The topological polar surface area (TPSA) is 0 Å². The van der Waals surface area contributed by atoms with Gasteiger partial charge in [0.25, 0.3) is 0 Å². The molecule has 0 heterocycles. The molecule has 0 radical (unpaired) electrons. The van der Waals surface area contributed by atoms with E-state index in [9.17, 15) is 0 Å². The van der Waals surface area contributed by atoms with Gasteiger partial charge in [-0.25, -0.2) is 0 Å². The molecule has 0 unspecified atom stereocenters. The molecule has 1 aliphatic carbocycles. The normalized spacial score (nSPS) is 14.3. The Labute approximate surface area is 293 Å². The molecule has 0 saturated heterocycles. The quantitative estimate of drug-likeness (QED) is 0.117. The molecule has 0 bridgehead atoms. The molecule has 1 saturated carbocycles. The molecule has 0 amide bonds. The minimum Gasteiger partial charge on any atom is -0.358 e. The van der Waals surface area contributed by atoms with Gasteiger partial charge in [-0.1, -0.05) is 128 Å². The van der Waals surface area contributed by atoms with Crippen LogP contribution in [0.15, 0.2) is 109 Å². The third-order valence-electron chi connectivity index (χ3n) is 9.94. The van der Waals surface area contributed by atoms with Gasteiger partial charge in [0.05, 0.1) is 16.1 Å². The fourth-order valence-electron chi connectivity index (χ4n) is 7.10. The van der Waals surface area contributed by atoms with Gasteiger partial charge in [-0.05, 0) is 29.4 Å². The Bertz CT molecular complexity index is 1760. The zero-order chi connectivity index (χ0) is 29.3. The molecule has 0 atom stereocenters. The molecule has 1 fully saturated rings. The number of fused-ring (bicyclic) bond motifs is 2. The standard InChI is InChI=1S/C40H42Si2.2CH3.Hf/c1-41(2,3)34-18-14-28(15-19-34)36-12-7-10-30-24-32(26-38(30)36)40(22-9-23-40)33-25-31-11-8-13-37(39(31)27-33)29-16-20-35(21-17-29)42(4,5)6;;;/h7-8,10-21,24-27H,9,22-23H2,1-6H3;2*1H3;/q-2;2*-1;+4. The van der Waals surface area contributed by atoms with Crippen LogP contribution in [0.5, 0.6) is 0 Å². The van der Waals surface area contributed by atoms with Gasteiger partial charge in [0, 0.05) is 0 Å². The van der Waals surface area contributed by atoms with Gasteiger partial charge in [0.1, 0.15) is 0 Å². The average molecular weight is 788 g/mol. The van der Waals surface area contributed by atoms with E-state index in [0.717, 1.165) is 0 Å². The van der Waals surface area contributed by atoms with Crippen LogP contribution in [-0.2, 0) is 31.3 Å². The van der Waals surface area contributed by atoms with E-state index in [2.05, 4.69) is 148 Å². The van der Waals surface area contributed by atoms with Crippen molar-refractivity contribution in [3.05, 3.63) is 135 Å². The van der Waals surface area contributed by atoms with Crippen LogP contribution in [0.2, 0.25) is 39.3 Å². The summed E-state index contributed by atoms with van der Waals surface area (Å²) in [4.78, 5) is 0. The zero-order valence-corrected chi connectivity index (χ0v) is 34.1. The van der Waals surface area contributed by atoms with Crippen molar-refractivity contribution in [2.24, 2.45) is 0 Å². The molecule has 0 spiro atoms. The number of hydrogen-bond donors (Lipinski definition) is 0. The van der Waals surface area contributed by atoms with Crippen molar-refractivity contribution in [2.45, 2.75) is 64.0 Å². The van der Waals surface area contributed by atoms with Crippen molar-refractivity contribution in [2.75, 3.05) is 0 Å². The molecule has 3 heteroatoms. The van der Waals surface area contributed by atoms with Crippen LogP contribution in [0.25, 0.3) is 43.8 Å². The second kappa shape index (κ2) is 12.9. The van der Waals surface area contributed by atoms with Crippen LogP contribution in [0.3, 0.4) is 0 Å². The fraction of sp³-hybridized carbons (Fsp3) is 0.238. The van der Waals surface area contributed by atoms with E-state index in [1.54, 1.807) is 0 Å². The first-order valence-electron chi connectivity index (χ1n) is 15.6. The van der Waals surface area contributed by atoms with Crippen molar-refractivity contribution in [3.63, 3.8) is 0 Å². The smallest absolute Gasteiger partial charge is 0.358 e. The summed E-state index contributed by atoms with van der Waals surface area (Å²) in [5.74, 6) is 0. The van der Waals surface area contributed by atoms with Crippen molar-refractivity contribution >= 4 is 48.1 Å². The number of hydrogen-bond acceptors (Lipinski definition) is 0. The maximum atomic E-state index is 2.52. The molecule has 6 aromatic carbocycles. The molecular formula is C42H48HfSi2. The third kappa shape index (κ3) is 6.25. The van der Waals surface area contributed by atoms with Crippen LogP contribution in [0.1, 0.15) is 30.4 Å². The van der Waals surface area contributed by atoms with Gasteiger partial charge in [-0.3, -0.25) is 0 Å². The van der Waals surface area contributed by atoms with E-state index in [4.69, 9.17) is 0 Å². The maximum Gasteiger partial charge on any atom is 4.00 e. The van der Waals surface area contributed by atoms with Crippen molar-refractivity contribution < 1.29 is 25.8 Å².